The van der Waals surface area contributed by atoms with Crippen LogP contribution in [0.3, 0.4) is 0 Å². The highest BCUT2D eigenvalue weighted by molar-refractivity contribution is 5.85. The fraction of sp³-hybridized carbons (Fsp3) is 0.100. The molecule has 0 N–H and O–H groups in total. The molecule has 0 radical (unpaired) electrons. The molecule has 0 atom stereocenters. The first kappa shape index (κ1) is 11.3. The van der Waals surface area contributed by atoms with Gasteiger partial charge in [0.05, 0.1) is 23.0 Å². The van der Waals surface area contributed by atoms with Gasteiger partial charge in [-0.25, -0.2) is 0 Å². The Labute approximate surface area is 90.5 Å². The van der Waals surface area contributed by atoms with Crippen molar-refractivity contribution in [2.45, 2.75) is 6.42 Å². The van der Waals surface area contributed by atoms with Gasteiger partial charge in [-0.15, -0.1) is 0 Å². The SMILES string of the molecule is N#CCc1cc(C#N)c(C=O)c([N+](=O)[O-])c1. The maximum absolute atomic E-state index is 10.7. The van der Waals surface area contributed by atoms with Crippen LogP contribution in [-0.4, -0.2) is 11.2 Å². The normalized spacial score (nSPS) is 8.88. The lowest BCUT2D eigenvalue weighted by molar-refractivity contribution is -0.385. The Morgan fingerprint density at radius 1 is 1.44 bits per heavy atom. The molecule has 0 aromatic heterocycles. The monoisotopic (exact) mass is 215 g/mol. The predicted molar refractivity (Wildman–Crippen MR) is 52.5 cm³/mol. The van der Waals surface area contributed by atoms with Crippen LogP contribution in [0.15, 0.2) is 12.1 Å². The summed E-state index contributed by atoms with van der Waals surface area (Å²) in [5.74, 6) is 0. The lowest BCUT2D eigenvalue weighted by Gasteiger charge is -2.01. The molecule has 0 spiro atoms. The van der Waals surface area contributed by atoms with Crippen LogP contribution < -0.4 is 0 Å². The molecule has 0 bridgehead atoms. The number of benzene rings is 1. The zero-order valence-electron chi connectivity index (χ0n) is 8.01. The summed E-state index contributed by atoms with van der Waals surface area (Å²) < 4.78 is 0. The zero-order valence-corrected chi connectivity index (χ0v) is 8.01. The molecular formula is C10H5N3O3. The first-order valence-corrected chi connectivity index (χ1v) is 4.17. The molecule has 0 aliphatic heterocycles. The molecule has 1 aromatic carbocycles. The standard InChI is InChI=1S/C10H5N3O3/c11-2-1-7-3-8(5-12)9(6-14)10(4-7)13(15)16/h3-4,6H,1H2. The van der Waals surface area contributed by atoms with Gasteiger partial charge in [0, 0.05) is 6.07 Å². The Morgan fingerprint density at radius 3 is 2.56 bits per heavy atom. The van der Waals surface area contributed by atoms with Gasteiger partial charge in [0.1, 0.15) is 11.6 Å². The second-order valence-corrected chi connectivity index (χ2v) is 2.90. The molecule has 6 heteroatoms. The summed E-state index contributed by atoms with van der Waals surface area (Å²) in [6.45, 7) is 0. The summed E-state index contributed by atoms with van der Waals surface area (Å²) in [6.07, 6.45) is 0.224. The molecule has 0 heterocycles. The number of nitrogens with zero attached hydrogens (tertiary/aromatic N) is 3. The van der Waals surface area contributed by atoms with Gasteiger partial charge in [-0.1, -0.05) is 0 Å². The van der Waals surface area contributed by atoms with Crippen molar-refractivity contribution in [3.8, 4) is 12.1 Å². The molecular weight excluding hydrogens is 210 g/mol. The summed E-state index contributed by atoms with van der Waals surface area (Å²) in [7, 11) is 0. The highest BCUT2D eigenvalue weighted by atomic mass is 16.6. The minimum atomic E-state index is -0.745. The third kappa shape index (κ3) is 2.02. The summed E-state index contributed by atoms with van der Waals surface area (Å²) >= 11 is 0. The molecule has 0 aliphatic rings. The van der Waals surface area contributed by atoms with Crippen LogP contribution in [0.4, 0.5) is 5.69 Å². The summed E-state index contributed by atoms with van der Waals surface area (Å²) in [5, 5.41) is 27.9. The van der Waals surface area contributed by atoms with Gasteiger partial charge in [0.2, 0.25) is 0 Å². The molecule has 0 saturated heterocycles. The molecule has 78 valence electrons. The van der Waals surface area contributed by atoms with Crippen LogP contribution in [0.2, 0.25) is 0 Å². The number of nitro groups is 1. The van der Waals surface area contributed by atoms with E-state index in [2.05, 4.69) is 0 Å². The molecule has 16 heavy (non-hydrogen) atoms. The first-order chi connectivity index (χ1) is 7.63. The molecule has 1 rings (SSSR count). The molecule has 0 fully saturated rings. The van der Waals surface area contributed by atoms with E-state index in [4.69, 9.17) is 10.5 Å². The topological polar surface area (TPSA) is 108 Å². The fourth-order valence-electron chi connectivity index (χ4n) is 1.26. The number of nitro benzene ring substituents is 1. The summed E-state index contributed by atoms with van der Waals surface area (Å²) in [5.41, 5.74) is -0.445. The van der Waals surface area contributed by atoms with Gasteiger partial charge in [0.15, 0.2) is 6.29 Å². The van der Waals surface area contributed by atoms with E-state index in [1.54, 1.807) is 6.07 Å². The van der Waals surface area contributed by atoms with Crippen molar-refractivity contribution in [1.29, 1.82) is 10.5 Å². The van der Waals surface area contributed by atoms with Crippen LogP contribution in [0.1, 0.15) is 21.5 Å². The van der Waals surface area contributed by atoms with Crippen molar-refractivity contribution in [2.75, 3.05) is 0 Å². The molecule has 6 nitrogen and oxygen atoms in total. The molecule has 0 unspecified atom stereocenters. The van der Waals surface area contributed by atoms with Crippen LogP contribution in [0, 0.1) is 32.8 Å². The van der Waals surface area contributed by atoms with E-state index in [1.165, 1.54) is 6.07 Å². The lowest BCUT2D eigenvalue weighted by Crippen LogP contribution is -1.99. The highest BCUT2D eigenvalue weighted by Gasteiger charge is 2.18. The Bertz CT molecular complexity index is 537. The number of rotatable bonds is 3. The number of aldehydes is 1. The van der Waals surface area contributed by atoms with Crippen LogP contribution in [0.25, 0.3) is 0 Å². The van der Waals surface area contributed by atoms with Gasteiger partial charge in [-0.05, 0) is 11.6 Å². The number of hydrogen-bond donors (Lipinski definition) is 0. The molecule has 0 amide bonds. The molecule has 0 saturated carbocycles. The largest absolute Gasteiger partial charge is 0.298 e. The van der Waals surface area contributed by atoms with Gasteiger partial charge in [-0.2, -0.15) is 10.5 Å². The van der Waals surface area contributed by atoms with E-state index in [0.29, 0.717) is 5.56 Å². The van der Waals surface area contributed by atoms with E-state index in [-0.39, 0.29) is 23.8 Å². The summed E-state index contributed by atoms with van der Waals surface area (Å²) in [4.78, 5) is 20.6. The number of hydrogen-bond acceptors (Lipinski definition) is 5. The smallest absolute Gasteiger partial charge is 0.281 e. The second-order valence-electron chi connectivity index (χ2n) is 2.90. The lowest BCUT2D eigenvalue weighted by atomic mass is 10.0. The maximum atomic E-state index is 10.7. The zero-order chi connectivity index (χ0) is 12.1. The van der Waals surface area contributed by atoms with Crippen LogP contribution >= 0.6 is 0 Å². The number of nitriles is 2. The van der Waals surface area contributed by atoms with E-state index in [0.717, 1.165) is 6.07 Å². The van der Waals surface area contributed by atoms with Crippen LogP contribution in [0.5, 0.6) is 0 Å². The Morgan fingerprint density at radius 2 is 2.12 bits per heavy atom. The van der Waals surface area contributed by atoms with Crippen molar-refractivity contribution in [3.63, 3.8) is 0 Å². The Hall–Kier alpha value is -2.73. The van der Waals surface area contributed by atoms with Gasteiger partial charge >= 0.3 is 0 Å². The number of carbonyl (C=O) groups is 1. The average molecular weight is 215 g/mol. The van der Waals surface area contributed by atoms with Crippen molar-refractivity contribution in [2.24, 2.45) is 0 Å². The maximum Gasteiger partial charge on any atom is 0.281 e. The Balaban J connectivity index is 3.52. The van der Waals surface area contributed by atoms with Gasteiger partial charge < -0.3 is 0 Å². The van der Waals surface area contributed by atoms with Gasteiger partial charge in [0.25, 0.3) is 5.69 Å². The fourth-order valence-corrected chi connectivity index (χ4v) is 1.26. The number of carbonyl (C=O) groups excluding carboxylic acids is 1. The van der Waals surface area contributed by atoms with Crippen molar-refractivity contribution < 1.29 is 9.72 Å². The van der Waals surface area contributed by atoms with Crippen molar-refractivity contribution in [3.05, 3.63) is 38.9 Å². The van der Waals surface area contributed by atoms with E-state index in [1.807, 2.05) is 6.07 Å². The first-order valence-electron chi connectivity index (χ1n) is 4.17. The quantitative estimate of drug-likeness (QED) is 0.429. The second kappa shape index (κ2) is 4.67. The summed E-state index contributed by atoms with van der Waals surface area (Å²) in [6, 6.07) is 5.95. The van der Waals surface area contributed by atoms with Crippen molar-refractivity contribution in [1.82, 2.24) is 0 Å². The van der Waals surface area contributed by atoms with E-state index < -0.39 is 10.6 Å². The molecule has 1 aromatic rings. The van der Waals surface area contributed by atoms with Gasteiger partial charge in [-0.3, -0.25) is 14.9 Å². The molecule has 0 aliphatic carbocycles. The van der Waals surface area contributed by atoms with E-state index in [9.17, 15) is 14.9 Å². The van der Waals surface area contributed by atoms with E-state index >= 15 is 0 Å². The van der Waals surface area contributed by atoms with Crippen LogP contribution in [-0.2, 0) is 6.42 Å². The minimum Gasteiger partial charge on any atom is -0.298 e. The Kier molecular flexibility index (Phi) is 3.31. The minimum absolute atomic E-state index is 0.0470. The third-order valence-electron chi connectivity index (χ3n) is 1.94. The third-order valence-corrected chi connectivity index (χ3v) is 1.94. The average Bonchev–Trinajstić information content (AvgIpc) is 2.28. The predicted octanol–water partition coefficient (Wildman–Crippen LogP) is 1.35. The van der Waals surface area contributed by atoms with Crippen molar-refractivity contribution >= 4 is 12.0 Å². The highest BCUT2D eigenvalue weighted by Crippen LogP contribution is 2.23.